The molecule has 20 heavy (non-hydrogen) atoms. The first-order valence-electron chi connectivity index (χ1n) is 6.76. The van der Waals surface area contributed by atoms with Crippen LogP contribution in [0.4, 0.5) is 11.4 Å². The second-order valence-electron chi connectivity index (χ2n) is 5.29. The molecule has 2 rings (SSSR count). The predicted octanol–water partition coefficient (Wildman–Crippen LogP) is 4.44. The Hall–Kier alpha value is -2.34. The molecule has 0 atom stereocenters. The van der Waals surface area contributed by atoms with Crippen LogP contribution in [0.2, 0.25) is 0 Å². The van der Waals surface area contributed by atoms with Gasteiger partial charge in [-0.25, -0.2) is 0 Å². The van der Waals surface area contributed by atoms with Gasteiger partial charge in [0.2, 0.25) is 0 Å². The van der Waals surface area contributed by atoms with Gasteiger partial charge in [0, 0.05) is 11.4 Å². The summed E-state index contributed by atoms with van der Waals surface area (Å²) in [5, 5.41) is 12.6. The molecule has 1 aromatic carbocycles. The van der Waals surface area contributed by atoms with Crippen LogP contribution in [0, 0.1) is 25.2 Å². The first-order chi connectivity index (χ1) is 9.51. The predicted molar refractivity (Wildman–Crippen MR) is 82.2 cm³/mol. The smallest absolute Gasteiger partial charge is 0.103 e. The molecule has 1 N–H and O–H groups in total. The van der Waals surface area contributed by atoms with E-state index in [4.69, 9.17) is 0 Å². The van der Waals surface area contributed by atoms with Gasteiger partial charge in [-0.05, 0) is 43.5 Å². The number of rotatable bonds is 3. The Morgan fingerprint density at radius 1 is 1.15 bits per heavy atom. The summed E-state index contributed by atoms with van der Waals surface area (Å²) < 4.78 is 0. The van der Waals surface area contributed by atoms with E-state index in [2.05, 4.69) is 42.4 Å². The van der Waals surface area contributed by atoms with Gasteiger partial charge in [0.05, 0.1) is 16.9 Å². The SMILES string of the molecule is Cc1cc(Nc2ccc(C(C)C)cc2)c(C#N)c(C)n1. The van der Waals surface area contributed by atoms with Crippen molar-refractivity contribution in [1.82, 2.24) is 4.98 Å². The average Bonchev–Trinajstić information content (AvgIpc) is 2.39. The molecule has 0 aliphatic heterocycles. The summed E-state index contributed by atoms with van der Waals surface area (Å²) in [5.41, 5.74) is 5.36. The second-order valence-corrected chi connectivity index (χ2v) is 5.29. The lowest BCUT2D eigenvalue weighted by Gasteiger charge is -2.12. The van der Waals surface area contributed by atoms with Crippen LogP contribution >= 0.6 is 0 Å². The van der Waals surface area contributed by atoms with Crippen LogP contribution in [0.3, 0.4) is 0 Å². The molecule has 0 saturated carbocycles. The van der Waals surface area contributed by atoms with Crippen molar-refractivity contribution in [2.75, 3.05) is 5.32 Å². The molecule has 2 aromatic rings. The largest absolute Gasteiger partial charge is 0.354 e. The van der Waals surface area contributed by atoms with Gasteiger partial charge in [-0.1, -0.05) is 26.0 Å². The number of benzene rings is 1. The molecule has 0 fully saturated rings. The van der Waals surface area contributed by atoms with Crippen LogP contribution in [0.25, 0.3) is 0 Å². The molecule has 0 saturated heterocycles. The molecule has 1 aromatic heterocycles. The zero-order chi connectivity index (χ0) is 14.7. The molecule has 1 heterocycles. The summed E-state index contributed by atoms with van der Waals surface area (Å²) in [4.78, 5) is 4.32. The fraction of sp³-hybridized carbons (Fsp3) is 0.294. The first-order valence-corrected chi connectivity index (χ1v) is 6.76. The van der Waals surface area contributed by atoms with Crippen LogP contribution in [-0.4, -0.2) is 4.98 Å². The van der Waals surface area contributed by atoms with Gasteiger partial charge < -0.3 is 5.32 Å². The van der Waals surface area contributed by atoms with E-state index in [1.807, 2.05) is 32.0 Å². The van der Waals surface area contributed by atoms with Gasteiger partial charge in [-0.3, -0.25) is 4.98 Å². The van der Waals surface area contributed by atoms with Crippen molar-refractivity contribution in [3.05, 3.63) is 52.8 Å². The van der Waals surface area contributed by atoms with Gasteiger partial charge in [0.25, 0.3) is 0 Å². The maximum absolute atomic E-state index is 9.26. The van der Waals surface area contributed by atoms with Gasteiger partial charge >= 0.3 is 0 Å². The fourth-order valence-electron chi connectivity index (χ4n) is 2.18. The van der Waals surface area contributed by atoms with Crippen molar-refractivity contribution >= 4 is 11.4 Å². The molecule has 0 radical (unpaired) electrons. The van der Waals surface area contributed by atoms with E-state index in [1.54, 1.807) is 0 Å². The number of anilines is 2. The number of pyridine rings is 1. The van der Waals surface area contributed by atoms with E-state index in [1.165, 1.54) is 5.56 Å². The van der Waals surface area contributed by atoms with Gasteiger partial charge in [-0.2, -0.15) is 5.26 Å². The monoisotopic (exact) mass is 265 g/mol. The first kappa shape index (κ1) is 14.1. The Labute approximate surface area is 120 Å². The molecular formula is C17H19N3. The Bertz CT molecular complexity index is 649. The number of hydrogen-bond donors (Lipinski definition) is 1. The van der Waals surface area contributed by atoms with E-state index in [9.17, 15) is 5.26 Å². The second kappa shape index (κ2) is 5.75. The summed E-state index contributed by atoms with van der Waals surface area (Å²) in [5.74, 6) is 0.518. The molecule has 0 amide bonds. The third-order valence-electron chi connectivity index (χ3n) is 3.30. The zero-order valence-corrected chi connectivity index (χ0v) is 12.4. The number of hydrogen-bond acceptors (Lipinski definition) is 3. The molecule has 102 valence electrons. The molecule has 0 aliphatic carbocycles. The van der Waals surface area contributed by atoms with Crippen molar-refractivity contribution in [3.8, 4) is 6.07 Å². The van der Waals surface area contributed by atoms with Crippen LogP contribution < -0.4 is 5.32 Å². The summed E-state index contributed by atoms with van der Waals surface area (Å²) >= 11 is 0. The van der Waals surface area contributed by atoms with E-state index in [-0.39, 0.29) is 0 Å². The van der Waals surface area contributed by atoms with E-state index < -0.39 is 0 Å². The molecule has 0 unspecified atom stereocenters. The van der Waals surface area contributed by atoms with Crippen molar-refractivity contribution in [2.24, 2.45) is 0 Å². The lowest BCUT2D eigenvalue weighted by Crippen LogP contribution is -2.00. The van der Waals surface area contributed by atoms with Crippen LogP contribution in [0.1, 0.15) is 42.3 Å². The molecule has 3 heteroatoms. The third-order valence-corrected chi connectivity index (χ3v) is 3.30. The number of nitriles is 1. The summed E-state index contributed by atoms with van der Waals surface area (Å²) in [6.07, 6.45) is 0. The number of aromatic nitrogens is 1. The molecule has 0 aliphatic rings. The molecule has 3 nitrogen and oxygen atoms in total. The molecular weight excluding hydrogens is 246 g/mol. The standard InChI is InChI=1S/C17H19N3/c1-11(2)14-5-7-15(8-6-14)20-17-9-12(3)19-13(4)16(17)10-18/h5-9,11H,1-4H3,(H,19,20). The zero-order valence-electron chi connectivity index (χ0n) is 12.4. The van der Waals surface area contributed by atoms with E-state index in [0.717, 1.165) is 22.8 Å². The minimum atomic E-state index is 0.518. The number of nitrogens with one attached hydrogen (secondary N) is 1. The quantitative estimate of drug-likeness (QED) is 0.892. The topological polar surface area (TPSA) is 48.7 Å². The van der Waals surface area contributed by atoms with Crippen molar-refractivity contribution < 1.29 is 0 Å². The molecule has 0 bridgehead atoms. The third kappa shape index (κ3) is 2.97. The summed E-state index contributed by atoms with van der Waals surface area (Å²) in [6, 6.07) is 12.4. The Kier molecular flexibility index (Phi) is 4.05. The van der Waals surface area contributed by atoms with Gasteiger partial charge in [0.15, 0.2) is 0 Å². The van der Waals surface area contributed by atoms with Crippen molar-refractivity contribution in [3.63, 3.8) is 0 Å². The fourth-order valence-corrected chi connectivity index (χ4v) is 2.18. The Balaban J connectivity index is 2.33. The van der Waals surface area contributed by atoms with E-state index >= 15 is 0 Å². The highest BCUT2D eigenvalue weighted by molar-refractivity contribution is 5.68. The van der Waals surface area contributed by atoms with Crippen LogP contribution in [-0.2, 0) is 0 Å². The van der Waals surface area contributed by atoms with Crippen LogP contribution in [0.5, 0.6) is 0 Å². The summed E-state index contributed by atoms with van der Waals surface area (Å²) in [6.45, 7) is 8.14. The maximum atomic E-state index is 9.26. The highest BCUT2D eigenvalue weighted by Crippen LogP contribution is 2.24. The Morgan fingerprint density at radius 3 is 2.35 bits per heavy atom. The van der Waals surface area contributed by atoms with Crippen LogP contribution in [0.15, 0.2) is 30.3 Å². The maximum Gasteiger partial charge on any atom is 0.103 e. The number of aryl methyl sites for hydroxylation is 2. The number of nitrogens with zero attached hydrogens (tertiary/aromatic N) is 2. The normalized spacial score (nSPS) is 10.4. The summed E-state index contributed by atoms with van der Waals surface area (Å²) in [7, 11) is 0. The minimum absolute atomic E-state index is 0.518. The van der Waals surface area contributed by atoms with Crippen molar-refractivity contribution in [1.29, 1.82) is 5.26 Å². The highest BCUT2D eigenvalue weighted by atomic mass is 14.9. The highest BCUT2D eigenvalue weighted by Gasteiger charge is 2.08. The molecule has 0 spiro atoms. The lowest BCUT2D eigenvalue weighted by molar-refractivity contribution is 0.867. The van der Waals surface area contributed by atoms with Gasteiger partial charge in [0.1, 0.15) is 6.07 Å². The van der Waals surface area contributed by atoms with Gasteiger partial charge in [-0.15, -0.1) is 0 Å². The average molecular weight is 265 g/mol. The Morgan fingerprint density at radius 2 is 1.80 bits per heavy atom. The lowest BCUT2D eigenvalue weighted by atomic mass is 10.0. The van der Waals surface area contributed by atoms with E-state index in [0.29, 0.717) is 11.5 Å². The van der Waals surface area contributed by atoms with Crippen molar-refractivity contribution in [2.45, 2.75) is 33.6 Å². The minimum Gasteiger partial charge on any atom is -0.354 e.